The monoisotopic (exact) mass is 417 g/mol. The topological polar surface area (TPSA) is 84.3 Å². The molecule has 0 aliphatic rings. The van der Waals surface area contributed by atoms with E-state index >= 15 is 0 Å². The maximum Gasteiger partial charge on any atom is 0.335 e. The zero-order valence-electron chi connectivity index (χ0n) is 16.7. The molecule has 0 amide bonds. The zero-order valence-corrected chi connectivity index (χ0v) is 16.7. The number of pyridine rings is 2. The predicted molar refractivity (Wildman–Crippen MR) is 116 cm³/mol. The number of nitrogens with one attached hydrogen (secondary N) is 1. The highest BCUT2D eigenvalue weighted by Crippen LogP contribution is 2.34. The summed E-state index contributed by atoms with van der Waals surface area (Å²) in [5.74, 6) is -0.134. The number of rotatable bonds is 7. The first-order chi connectivity index (χ1) is 15.0. The minimum absolute atomic E-state index is 0.108. The Kier molecular flexibility index (Phi) is 5.75. The number of carboxylic acids is 1. The normalized spacial score (nSPS) is 11.8. The summed E-state index contributed by atoms with van der Waals surface area (Å²) in [6.07, 6.45) is 4.06. The van der Waals surface area contributed by atoms with Gasteiger partial charge in [-0.15, -0.1) is 0 Å². The van der Waals surface area contributed by atoms with Gasteiger partial charge in [0.1, 0.15) is 17.4 Å². The molecule has 0 bridgehead atoms. The molecule has 0 saturated heterocycles. The maximum atomic E-state index is 13.6. The largest absolute Gasteiger partial charge is 0.478 e. The molecule has 7 heteroatoms. The van der Waals surface area contributed by atoms with Gasteiger partial charge in [0.25, 0.3) is 0 Å². The van der Waals surface area contributed by atoms with Gasteiger partial charge in [0.15, 0.2) is 0 Å². The number of carboxylic acid groups (broad SMARTS) is 1. The van der Waals surface area contributed by atoms with Crippen LogP contribution in [0.15, 0.2) is 73.1 Å². The number of anilines is 1. The molecular weight excluding hydrogens is 397 g/mol. The molecule has 0 fully saturated rings. The second-order valence-electron chi connectivity index (χ2n) is 6.97. The van der Waals surface area contributed by atoms with Gasteiger partial charge < -0.3 is 15.2 Å². The molecule has 0 unspecified atom stereocenters. The van der Waals surface area contributed by atoms with Crippen LogP contribution in [0.3, 0.4) is 0 Å². The number of benzene rings is 2. The highest BCUT2D eigenvalue weighted by molar-refractivity contribution is 5.96. The first-order valence-corrected chi connectivity index (χ1v) is 9.82. The van der Waals surface area contributed by atoms with Crippen molar-refractivity contribution in [3.05, 3.63) is 90.0 Å². The number of hydrogen-bond acceptors (Lipinski definition) is 5. The average molecular weight is 417 g/mol. The van der Waals surface area contributed by atoms with Crippen molar-refractivity contribution in [2.45, 2.75) is 19.4 Å². The Labute approximate surface area is 178 Å². The van der Waals surface area contributed by atoms with E-state index in [9.17, 15) is 9.18 Å². The summed E-state index contributed by atoms with van der Waals surface area (Å²) in [6, 6.07) is 16.2. The summed E-state index contributed by atoms with van der Waals surface area (Å²) in [4.78, 5) is 20.0. The Morgan fingerprint density at radius 2 is 1.84 bits per heavy atom. The van der Waals surface area contributed by atoms with E-state index in [1.54, 1.807) is 48.8 Å². The van der Waals surface area contributed by atoms with E-state index in [0.29, 0.717) is 22.8 Å². The molecule has 156 valence electrons. The SMILES string of the molecule is CC[C@H](Nc1nccc2ccnc(Oc3cccc(F)c3)c12)c1ccc(C(=O)O)cc1. The minimum atomic E-state index is -0.964. The fourth-order valence-corrected chi connectivity index (χ4v) is 3.36. The summed E-state index contributed by atoms with van der Waals surface area (Å²) in [7, 11) is 0. The molecule has 2 aromatic heterocycles. The third-order valence-electron chi connectivity index (χ3n) is 4.93. The number of hydrogen-bond donors (Lipinski definition) is 2. The van der Waals surface area contributed by atoms with Crippen molar-refractivity contribution in [3.63, 3.8) is 0 Å². The first kappa shape index (κ1) is 20.3. The third-order valence-corrected chi connectivity index (χ3v) is 4.93. The second-order valence-corrected chi connectivity index (χ2v) is 6.97. The van der Waals surface area contributed by atoms with Crippen molar-refractivity contribution >= 4 is 22.6 Å². The van der Waals surface area contributed by atoms with E-state index in [-0.39, 0.29) is 11.6 Å². The molecule has 4 rings (SSSR count). The molecule has 0 aliphatic heterocycles. The van der Waals surface area contributed by atoms with Crippen molar-refractivity contribution in [3.8, 4) is 11.6 Å². The molecule has 0 saturated carbocycles. The van der Waals surface area contributed by atoms with Gasteiger partial charge in [0, 0.05) is 18.5 Å². The van der Waals surface area contributed by atoms with Gasteiger partial charge in [-0.2, -0.15) is 0 Å². The molecule has 0 radical (unpaired) electrons. The van der Waals surface area contributed by atoms with Gasteiger partial charge in [0.2, 0.25) is 5.88 Å². The molecule has 2 aromatic carbocycles. The van der Waals surface area contributed by atoms with E-state index in [0.717, 1.165) is 17.4 Å². The van der Waals surface area contributed by atoms with Crippen molar-refractivity contribution < 1.29 is 19.0 Å². The molecular formula is C24H20FN3O3. The highest BCUT2D eigenvalue weighted by atomic mass is 19.1. The number of fused-ring (bicyclic) bond motifs is 1. The van der Waals surface area contributed by atoms with Crippen LogP contribution in [-0.2, 0) is 0 Å². The van der Waals surface area contributed by atoms with E-state index in [1.165, 1.54) is 12.1 Å². The minimum Gasteiger partial charge on any atom is -0.478 e. The smallest absolute Gasteiger partial charge is 0.335 e. The lowest BCUT2D eigenvalue weighted by Crippen LogP contribution is -2.12. The van der Waals surface area contributed by atoms with Crippen LogP contribution in [0.25, 0.3) is 10.8 Å². The molecule has 2 heterocycles. The van der Waals surface area contributed by atoms with Gasteiger partial charge in [-0.05, 0) is 53.8 Å². The number of ether oxygens (including phenoxy) is 1. The van der Waals surface area contributed by atoms with Crippen molar-refractivity contribution in [2.24, 2.45) is 0 Å². The number of halogens is 1. The van der Waals surface area contributed by atoms with Crippen molar-refractivity contribution in [2.75, 3.05) is 5.32 Å². The lowest BCUT2D eigenvalue weighted by molar-refractivity contribution is 0.0697. The van der Waals surface area contributed by atoms with Gasteiger partial charge in [-0.1, -0.05) is 25.1 Å². The molecule has 2 N–H and O–H groups in total. The lowest BCUT2D eigenvalue weighted by Gasteiger charge is -2.20. The number of nitrogens with zero attached hydrogens (tertiary/aromatic N) is 2. The molecule has 6 nitrogen and oxygen atoms in total. The van der Waals surface area contributed by atoms with Crippen LogP contribution in [0.5, 0.6) is 11.6 Å². The molecule has 31 heavy (non-hydrogen) atoms. The van der Waals surface area contributed by atoms with Crippen LogP contribution in [0, 0.1) is 5.82 Å². The lowest BCUT2D eigenvalue weighted by atomic mass is 10.0. The van der Waals surface area contributed by atoms with E-state index in [4.69, 9.17) is 9.84 Å². The van der Waals surface area contributed by atoms with E-state index < -0.39 is 11.8 Å². The number of aromatic nitrogens is 2. The molecule has 0 spiro atoms. The molecule has 0 aliphatic carbocycles. The van der Waals surface area contributed by atoms with Crippen LogP contribution in [0.2, 0.25) is 0 Å². The van der Waals surface area contributed by atoms with Crippen LogP contribution in [0.1, 0.15) is 35.3 Å². The quantitative estimate of drug-likeness (QED) is 0.394. The Balaban J connectivity index is 1.70. The van der Waals surface area contributed by atoms with E-state index in [2.05, 4.69) is 15.3 Å². The van der Waals surface area contributed by atoms with Gasteiger partial charge >= 0.3 is 5.97 Å². The summed E-state index contributed by atoms with van der Waals surface area (Å²) in [6.45, 7) is 2.02. The first-order valence-electron chi connectivity index (χ1n) is 9.82. The van der Waals surface area contributed by atoms with Crippen LogP contribution < -0.4 is 10.1 Å². The third kappa shape index (κ3) is 4.45. The van der Waals surface area contributed by atoms with Crippen LogP contribution in [-0.4, -0.2) is 21.0 Å². The number of carbonyl (C=O) groups is 1. The van der Waals surface area contributed by atoms with Gasteiger partial charge in [-0.25, -0.2) is 19.2 Å². The predicted octanol–water partition coefficient (Wildman–Crippen LogP) is 5.82. The zero-order chi connectivity index (χ0) is 21.8. The fraction of sp³-hybridized carbons (Fsp3) is 0.125. The average Bonchev–Trinajstić information content (AvgIpc) is 2.78. The second kappa shape index (κ2) is 8.79. The Hall–Kier alpha value is -4.00. The maximum absolute atomic E-state index is 13.6. The van der Waals surface area contributed by atoms with Crippen LogP contribution in [0.4, 0.5) is 10.2 Å². The molecule has 4 aromatic rings. The Morgan fingerprint density at radius 3 is 2.52 bits per heavy atom. The highest BCUT2D eigenvalue weighted by Gasteiger charge is 2.16. The van der Waals surface area contributed by atoms with Crippen molar-refractivity contribution in [1.82, 2.24) is 9.97 Å². The molecule has 1 atom stereocenters. The summed E-state index contributed by atoms with van der Waals surface area (Å²) in [5.41, 5.74) is 1.17. The van der Waals surface area contributed by atoms with E-state index in [1.807, 2.05) is 19.1 Å². The van der Waals surface area contributed by atoms with Crippen molar-refractivity contribution in [1.29, 1.82) is 0 Å². The summed E-state index contributed by atoms with van der Waals surface area (Å²) >= 11 is 0. The summed E-state index contributed by atoms with van der Waals surface area (Å²) in [5, 5.41) is 14.1. The fourth-order valence-electron chi connectivity index (χ4n) is 3.36. The summed E-state index contributed by atoms with van der Waals surface area (Å²) < 4.78 is 19.5. The Morgan fingerprint density at radius 1 is 1.10 bits per heavy atom. The number of aromatic carboxylic acids is 1. The van der Waals surface area contributed by atoms with Gasteiger partial charge in [-0.3, -0.25) is 0 Å². The standard InChI is InChI=1S/C24H20FN3O3/c1-2-20(15-6-8-17(9-7-15)24(29)30)28-22-21-16(10-12-26-22)11-13-27-23(21)31-19-5-3-4-18(25)14-19/h3-14,20H,2H2,1H3,(H,26,28)(H,29,30)/t20-/m0/s1. The Bertz CT molecular complexity index is 1220. The van der Waals surface area contributed by atoms with Crippen LogP contribution >= 0.6 is 0 Å². The van der Waals surface area contributed by atoms with Gasteiger partial charge in [0.05, 0.1) is 17.0 Å².